The molecular formula is C24H25FN2O3S. The molecule has 0 saturated carbocycles. The number of hydrogen-bond donors (Lipinski definition) is 0. The maximum absolute atomic E-state index is 13.2. The van der Waals surface area contributed by atoms with Gasteiger partial charge in [-0.25, -0.2) is 4.39 Å². The predicted octanol–water partition coefficient (Wildman–Crippen LogP) is 5.06. The minimum absolute atomic E-state index is 0.0922. The molecule has 1 aliphatic rings. The van der Waals surface area contributed by atoms with Gasteiger partial charge in [0.25, 0.3) is 5.91 Å². The number of hydrogen-bond acceptors (Lipinski definition) is 5. The summed E-state index contributed by atoms with van der Waals surface area (Å²) in [5, 5.41) is 0.659. The van der Waals surface area contributed by atoms with Gasteiger partial charge in [-0.05, 0) is 66.6 Å². The summed E-state index contributed by atoms with van der Waals surface area (Å²) in [4.78, 5) is 18.8. The number of carbonyl (C=O) groups is 1. The quantitative estimate of drug-likeness (QED) is 0.425. The van der Waals surface area contributed by atoms with Crippen molar-refractivity contribution in [3.8, 4) is 11.5 Å². The summed E-state index contributed by atoms with van der Waals surface area (Å²) < 4.78 is 25.1. The Morgan fingerprint density at radius 2 is 1.97 bits per heavy atom. The lowest BCUT2D eigenvalue weighted by Gasteiger charge is -2.17. The number of amidine groups is 1. The number of nitrogens with zero attached hydrogens (tertiary/aromatic N) is 2. The number of carbonyl (C=O) groups excluding carboxylic acids is 1. The normalized spacial score (nSPS) is 16.3. The lowest BCUT2D eigenvalue weighted by atomic mass is 10.0. The zero-order valence-corrected chi connectivity index (χ0v) is 18.7. The van der Waals surface area contributed by atoms with Crippen molar-refractivity contribution in [3.05, 3.63) is 76.5 Å². The SMILES string of the molecule is C=CCc1cc(/C=C2/SC(=NC)N(C)C2=O)cc(OCC)c1OCc1ccc(F)cc1. The van der Waals surface area contributed by atoms with Gasteiger partial charge >= 0.3 is 0 Å². The first-order valence-corrected chi connectivity index (χ1v) is 10.7. The van der Waals surface area contributed by atoms with Crippen LogP contribution in [-0.4, -0.2) is 36.7 Å². The van der Waals surface area contributed by atoms with Gasteiger partial charge in [-0.3, -0.25) is 14.7 Å². The Labute approximate surface area is 186 Å². The van der Waals surface area contributed by atoms with Crippen molar-refractivity contribution >= 4 is 28.9 Å². The van der Waals surface area contributed by atoms with Crippen molar-refractivity contribution in [2.24, 2.45) is 4.99 Å². The standard InChI is InChI=1S/C24H25FN2O3S/c1-5-7-18-12-17(14-21-23(28)27(4)24(26-3)31-21)13-20(29-6-2)22(18)30-15-16-8-10-19(25)11-9-16/h5,8-14H,1,6-7,15H2,2-4H3/b21-14+,26-24?. The molecule has 1 fully saturated rings. The van der Waals surface area contributed by atoms with E-state index in [1.807, 2.05) is 25.1 Å². The summed E-state index contributed by atoms with van der Waals surface area (Å²) in [7, 11) is 3.37. The topological polar surface area (TPSA) is 51.1 Å². The first-order valence-electron chi connectivity index (χ1n) is 9.89. The Morgan fingerprint density at radius 1 is 1.23 bits per heavy atom. The van der Waals surface area contributed by atoms with Crippen LogP contribution in [0.5, 0.6) is 11.5 Å². The van der Waals surface area contributed by atoms with Gasteiger partial charge in [0, 0.05) is 19.7 Å². The van der Waals surface area contributed by atoms with Crippen molar-refractivity contribution in [2.75, 3.05) is 20.7 Å². The lowest BCUT2D eigenvalue weighted by molar-refractivity contribution is -0.121. The second-order valence-corrected chi connectivity index (χ2v) is 7.84. The Hall–Kier alpha value is -3.06. The second-order valence-electron chi connectivity index (χ2n) is 6.83. The third-order valence-corrected chi connectivity index (χ3v) is 5.76. The number of ether oxygens (including phenoxy) is 2. The van der Waals surface area contributed by atoms with Gasteiger partial charge in [-0.15, -0.1) is 6.58 Å². The highest BCUT2D eigenvalue weighted by molar-refractivity contribution is 8.18. The first kappa shape index (κ1) is 22.6. The summed E-state index contributed by atoms with van der Waals surface area (Å²) in [5.41, 5.74) is 2.57. The average Bonchev–Trinajstić information content (AvgIpc) is 3.02. The molecule has 0 aromatic heterocycles. The van der Waals surface area contributed by atoms with Crippen molar-refractivity contribution in [3.63, 3.8) is 0 Å². The molecule has 7 heteroatoms. The maximum atomic E-state index is 13.2. The molecule has 0 spiro atoms. The van der Waals surface area contributed by atoms with Gasteiger partial charge < -0.3 is 9.47 Å². The molecule has 2 aromatic rings. The summed E-state index contributed by atoms with van der Waals surface area (Å²) in [5.74, 6) is 0.825. The molecule has 0 atom stereocenters. The van der Waals surface area contributed by atoms with Gasteiger partial charge in [-0.2, -0.15) is 0 Å². The Kier molecular flexibility index (Phi) is 7.52. The number of allylic oxidation sites excluding steroid dienone is 1. The summed E-state index contributed by atoms with van der Waals surface area (Å²) in [6, 6.07) is 10.0. The molecular weight excluding hydrogens is 415 g/mol. The van der Waals surface area contributed by atoms with Crippen molar-refractivity contribution in [1.29, 1.82) is 0 Å². The van der Waals surface area contributed by atoms with E-state index in [9.17, 15) is 9.18 Å². The molecule has 1 saturated heterocycles. The van der Waals surface area contributed by atoms with E-state index in [1.54, 1.807) is 32.3 Å². The van der Waals surface area contributed by atoms with E-state index in [0.717, 1.165) is 16.7 Å². The summed E-state index contributed by atoms with van der Waals surface area (Å²) in [6.07, 6.45) is 4.19. The van der Waals surface area contributed by atoms with E-state index in [2.05, 4.69) is 11.6 Å². The summed E-state index contributed by atoms with van der Waals surface area (Å²) >= 11 is 1.34. The van der Waals surface area contributed by atoms with Crippen molar-refractivity contribution in [2.45, 2.75) is 20.0 Å². The van der Waals surface area contributed by atoms with Crippen LogP contribution in [0.25, 0.3) is 6.08 Å². The number of amides is 1. The Bertz CT molecular complexity index is 1030. The number of thioether (sulfide) groups is 1. The predicted molar refractivity (Wildman–Crippen MR) is 124 cm³/mol. The van der Waals surface area contributed by atoms with Gasteiger partial charge in [0.05, 0.1) is 11.5 Å². The lowest BCUT2D eigenvalue weighted by Crippen LogP contribution is -2.23. The molecule has 1 heterocycles. The highest BCUT2D eigenvalue weighted by Gasteiger charge is 2.29. The van der Waals surface area contributed by atoms with Crippen molar-refractivity contribution in [1.82, 2.24) is 4.90 Å². The fourth-order valence-electron chi connectivity index (χ4n) is 3.14. The van der Waals surface area contributed by atoms with Crippen LogP contribution < -0.4 is 9.47 Å². The number of likely N-dealkylation sites (N-methyl/N-ethyl adjacent to an activating group) is 1. The molecule has 0 aliphatic carbocycles. The fraction of sp³-hybridized carbons (Fsp3) is 0.250. The van der Waals surface area contributed by atoms with Crippen LogP contribution in [0.2, 0.25) is 0 Å². The Morgan fingerprint density at radius 3 is 2.58 bits per heavy atom. The Balaban J connectivity index is 1.96. The molecule has 1 aliphatic heterocycles. The monoisotopic (exact) mass is 440 g/mol. The third-order valence-electron chi connectivity index (χ3n) is 4.61. The van der Waals surface area contributed by atoms with Crippen LogP contribution in [0.1, 0.15) is 23.6 Å². The van der Waals surface area contributed by atoms with E-state index in [0.29, 0.717) is 34.6 Å². The molecule has 0 N–H and O–H groups in total. The molecule has 162 valence electrons. The van der Waals surface area contributed by atoms with E-state index < -0.39 is 0 Å². The molecule has 0 radical (unpaired) electrons. The van der Waals surface area contributed by atoms with E-state index in [1.165, 1.54) is 28.8 Å². The largest absolute Gasteiger partial charge is 0.490 e. The average molecular weight is 441 g/mol. The molecule has 5 nitrogen and oxygen atoms in total. The molecule has 2 aromatic carbocycles. The minimum atomic E-state index is -0.287. The smallest absolute Gasteiger partial charge is 0.266 e. The molecule has 3 rings (SSSR count). The number of rotatable bonds is 8. The zero-order chi connectivity index (χ0) is 22.4. The van der Waals surface area contributed by atoms with E-state index in [4.69, 9.17) is 9.47 Å². The van der Waals surface area contributed by atoms with Crippen molar-refractivity contribution < 1.29 is 18.7 Å². The highest BCUT2D eigenvalue weighted by atomic mass is 32.2. The number of benzene rings is 2. The van der Waals surface area contributed by atoms with Crippen LogP contribution in [-0.2, 0) is 17.8 Å². The van der Waals surface area contributed by atoms with Gasteiger partial charge in [0.1, 0.15) is 12.4 Å². The molecule has 1 amide bonds. The van der Waals surface area contributed by atoms with Gasteiger partial charge in [0.2, 0.25) is 0 Å². The van der Waals surface area contributed by atoms with Crippen LogP contribution in [0.4, 0.5) is 4.39 Å². The maximum Gasteiger partial charge on any atom is 0.266 e. The zero-order valence-electron chi connectivity index (χ0n) is 17.9. The molecule has 0 unspecified atom stereocenters. The molecule has 31 heavy (non-hydrogen) atoms. The van der Waals surface area contributed by atoms with E-state index >= 15 is 0 Å². The number of aliphatic imine (C=N–C) groups is 1. The van der Waals surface area contributed by atoms with Gasteiger partial charge in [-0.1, -0.05) is 18.2 Å². The molecule has 0 bridgehead atoms. The highest BCUT2D eigenvalue weighted by Crippen LogP contribution is 2.37. The summed E-state index contributed by atoms with van der Waals surface area (Å²) in [6.45, 7) is 6.48. The first-order chi connectivity index (χ1) is 15.0. The van der Waals surface area contributed by atoms with Crippen LogP contribution >= 0.6 is 11.8 Å². The fourth-order valence-corrected chi connectivity index (χ4v) is 4.06. The van der Waals surface area contributed by atoms with Gasteiger partial charge in [0.15, 0.2) is 16.7 Å². The van der Waals surface area contributed by atoms with Crippen LogP contribution in [0, 0.1) is 5.82 Å². The van der Waals surface area contributed by atoms with E-state index in [-0.39, 0.29) is 18.3 Å². The minimum Gasteiger partial charge on any atom is -0.490 e. The second kappa shape index (κ2) is 10.3. The van der Waals surface area contributed by atoms with Crippen LogP contribution in [0.3, 0.4) is 0 Å². The van der Waals surface area contributed by atoms with Crippen LogP contribution in [0.15, 0.2) is 59.0 Å². The number of halogens is 1. The third kappa shape index (κ3) is 5.35.